The number of para-hydroxylation sites is 1. The Morgan fingerprint density at radius 3 is 1.68 bits per heavy atom. The highest BCUT2D eigenvalue weighted by atomic mass is 15.3. The van der Waals surface area contributed by atoms with Crippen LogP contribution in [0.5, 0.6) is 0 Å². The van der Waals surface area contributed by atoms with E-state index in [1.165, 1.54) is 11.1 Å². The van der Waals surface area contributed by atoms with Crippen LogP contribution in [0.25, 0.3) is 22.5 Å². The number of hydrogen-bond acceptors (Lipinski definition) is 2. The lowest BCUT2D eigenvalue weighted by Crippen LogP contribution is -2.17. The maximum atomic E-state index is 5.45. The van der Waals surface area contributed by atoms with Crippen molar-refractivity contribution in [1.29, 1.82) is 0 Å². The van der Waals surface area contributed by atoms with E-state index in [4.69, 9.17) is 10.1 Å². The summed E-state index contributed by atoms with van der Waals surface area (Å²) in [5.41, 5.74) is 8.67. The molecule has 0 aliphatic carbocycles. The summed E-state index contributed by atoms with van der Waals surface area (Å²) in [5.74, 6) is 1.51. The molecule has 5 rings (SSSR count). The third-order valence-corrected chi connectivity index (χ3v) is 6.64. The van der Waals surface area contributed by atoms with Crippen molar-refractivity contribution in [3.63, 3.8) is 0 Å². The quantitative estimate of drug-likeness (QED) is 0.175. The van der Waals surface area contributed by atoms with Crippen LogP contribution in [0.4, 0.5) is 5.69 Å². The van der Waals surface area contributed by atoms with Gasteiger partial charge in [0.1, 0.15) is 0 Å². The molecule has 5 aromatic rings. The summed E-state index contributed by atoms with van der Waals surface area (Å²) in [6, 6.07) is 39.9. The van der Waals surface area contributed by atoms with Gasteiger partial charge in [0.05, 0.1) is 17.1 Å². The van der Waals surface area contributed by atoms with Crippen LogP contribution in [-0.4, -0.2) is 15.6 Å². The summed E-state index contributed by atoms with van der Waals surface area (Å²) < 4.78 is 2.02. The minimum Gasteiger partial charge on any atom is -0.228 e. The van der Waals surface area contributed by atoms with E-state index in [-0.39, 0.29) is 0 Å². The summed E-state index contributed by atoms with van der Waals surface area (Å²) in [6.45, 7) is 8.93. The fourth-order valence-corrected chi connectivity index (χ4v) is 4.68. The molecule has 3 nitrogen and oxygen atoms in total. The molecule has 3 heteroatoms. The molecule has 0 radical (unpaired) electrons. The molecule has 0 amide bonds. The molecule has 0 bridgehead atoms. The second-order valence-electron chi connectivity index (χ2n) is 9.95. The molecule has 1 heterocycles. The van der Waals surface area contributed by atoms with E-state index in [1.54, 1.807) is 0 Å². The molecule has 0 aliphatic heterocycles. The fraction of sp³-hybridized carbons (Fsp3) is 0.176. The Morgan fingerprint density at radius 2 is 1.14 bits per heavy atom. The Hall–Kier alpha value is -4.24. The lowest BCUT2D eigenvalue weighted by atomic mass is 9.93. The predicted octanol–water partition coefficient (Wildman–Crippen LogP) is 9.09. The zero-order chi connectivity index (χ0) is 25.8. The van der Waals surface area contributed by atoms with Gasteiger partial charge in [-0.15, -0.1) is 0 Å². The van der Waals surface area contributed by atoms with Crippen molar-refractivity contribution in [2.24, 2.45) is 4.99 Å². The van der Waals surface area contributed by atoms with Crippen LogP contribution < -0.4 is 0 Å². The smallest absolute Gasteiger partial charge is 0.161 e. The number of benzene rings is 4. The molecule has 184 valence electrons. The van der Waals surface area contributed by atoms with Crippen molar-refractivity contribution < 1.29 is 0 Å². The SMILES string of the molecule is CC(C)c1cccc(C(C)C)c1N=C(c1ccccc1)n1nc(-c2ccccc2)cc1-c1ccccc1. The van der Waals surface area contributed by atoms with Crippen LogP contribution in [0, 0.1) is 0 Å². The van der Waals surface area contributed by atoms with E-state index in [1.807, 2.05) is 22.9 Å². The van der Waals surface area contributed by atoms with Crippen LogP contribution in [0.1, 0.15) is 56.2 Å². The molecule has 0 aliphatic rings. The molecule has 0 unspecified atom stereocenters. The Labute approximate surface area is 220 Å². The maximum Gasteiger partial charge on any atom is 0.161 e. The monoisotopic (exact) mass is 483 g/mol. The topological polar surface area (TPSA) is 30.2 Å². The molecule has 4 aromatic carbocycles. The second-order valence-corrected chi connectivity index (χ2v) is 9.95. The standard InChI is InChI=1S/C34H33N3/c1-24(2)29-21-14-22-30(25(3)4)33(29)35-34(28-19-12-7-13-20-28)37-32(27-17-10-6-11-18-27)23-31(36-37)26-15-8-5-9-16-26/h5-25H,1-4H3. The first-order valence-corrected chi connectivity index (χ1v) is 13.0. The molecule has 1 aromatic heterocycles. The van der Waals surface area contributed by atoms with E-state index in [0.29, 0.717) is 11.8 Å². The van der Waals surface area contributed by atoms with Gasteiger partial charge in [-0.3, -0.25) is 0 Å². The zero-order valence-electron chi connectivity index (χ0n) is 22.0. The summed E-state index contributed by atoms with van der Waals surface area (Å²) in [4.78, 5) is 5.45. The summed E-state index contributed by atoms with van der Waals surface area (Å²) in [6.07, 6.45) is 0. The molecular weight excluding hydrogens is 450 g/mol. The Kier molecular flexibility index (Phi) is 7.14. The highest BCUT2D eigenvalue weighted by Gasteiger charge is 2.20. The van der Waals surface area contributed by atoms with E-state index < -0.39 is 0 Å². The second kappa shape index (κ2) is 10.8. The third kappa shape index (κ3) is 5.17. The molecule has 37 heavy (non-hydrogen) atoms. The van der Waals surface area contributed by atoms with Crippen molar-refractivity contribution in [2.75, 3.05) is 0 Å². The summed E-state index contributed by atoms with van der Waals surface area (Å²) >= 11 is 0. The Balaban J connectivity index is 1.82. The molecule has 0 N–H and O–H groups in total. The third-order valence-electron chi connectivity index (χ3n) is 6.64. The largest absolute Gasteiger partial charge is 0.228 e. The highest BCUT2D eigenvalue weighted by Crippen LogP contribution is 2.36. The van der Waals surface area contributed by atoms with Crippen LogP contribution >= 0.6 is 0 Å². The van der Waals surface area contributed by atoms with Gasteiger partial charge >= 0.3 is 0 Å². The van der Waals surface area contributed by atoms with E-state index in [9.17, 15) is 0 Å². The number of hydrogen-bond donors (Lipinski definition) is 0. The lowest BCUT2D eigenvalue weighted by Gasteiger charge is -2.18. The normalized spacial score (nSPS) is 11.9. The van der Waals surface area contributed by atoms with Crippen molar-refractivity contribution in [1.82, 2.24) is 9.78 Å². The number of rotatable bonds is 6. The van der Waals surface area contributed by atoms with E-state index in [2.05, 4.69) is 125 Å². The lowest BCUT2D eigenvalue weighted by molar-refractivity contribution is 0.833. The molecular formula is C34H33N3. The molecule has 0 atom stereocenters. The van der Waals surface area contributed by atoms with Gasteiger partial charge in [-0.25, -0.2) is 9.67 Å². The van der Waals surface area contributed by atoms with Crippen LogP contribution in [0.3, 0.4) is 0 Å². The van der Waals surface area contributed by atoms with E-state index in [0.717, 1.165) is 39.6 Å². The van der Waals surface area contributed by atoms with Crippen LogP contribution in [0.2, 0.25) is 0 Å². The molecule has 0 saturated heterocycles. The van der Waals surface area contributed by atoms with Crippen molar-refractivity contribution >= 4 is 11.5 Å². The van der Waals surface area contributed by atoms with E-state index >= 15 is 0 Å². The summed E-state index contributed by atoms with van der Waals surface area (Å²) in [7, 11) is 0. The van der Waals surface area contributed by atoms with Crippen molar-refractivity contribution in [3.05, 3.63) is 132 Å². The van der Waals surface area contributed by atoms with Gasteiger partial charge in [0.2, 0.25) is 0 Å². The van der Waals surface area contributed by atoms with Crippen molar-refractivity contribution in [3.8, 4) is 22.5 Å². The average molecular weight is 484 g/mol. The Bertz CT molecular complexity index is 1470. The minimum atomic E-state index is 0.348. The van der Waals surface area contributed by atoms with Gasteiger partial charge in [-0.05, 0) is 29.0 Å². The minimum absolute atomic E-state index is 0.348. The average Bonchev–Trinajstić information content (AvgIpc) is 3.38. The maximum absolute atomic E-state index is 5.45. The van der Waals surface area contributed by atoms with Gasteiger partial charge in [-0.2, -0.15) is 5.10 Å². The Morgan fingerprint density at radius 1 is 0.622 bits per heavy atom. The van der Waals surface area contributed by atoms with Crippen LogP contribution in [-0.2, 0) is 0 Å². The number of aliphatic imine (C=N–C) groups is 1. The first kappa shape index (κ1) is 24.5. The highest BCUT2D eigenvalue weighted by molar-refractivity contribution is 6.04. The first-order valence-electron chi connectivity index (χ1n) is 13.0. The van der Waals surface area contributed by atoms with Gasteiger partial charge in [0, 0.05) is 16.7 Å². The molecule has 0 fully saturated rings. The van der Waals surface area contributed by atoms with Gasteiger partial charge in [-0.1, -0.05) is 137 Å². The van der Waals surface area contributed by atoms with Crippen LogP contribution in [0.15, 0.2) is 120 Å². The summed E-state index contributed by atoms with van der Waals surface area (Å²) in [5, 5.41) is 5.16. The first-order chi connectivity index (χ1) is 18.0. The van der Waals surface area contributed by atoms with Crippen molar-refractivity contribution in [2.45, 2.75) is 39.5 Å². The number of aromatic nitrogens is 2. The van der Waals surface area contributed by atoms with Gasteiger partial charge < -0.3 is 0 Å². The number of nitrogens with zero attached hydrogens (tertiary/aromatic N) is 3. The zero-order valence-corrected chi connectivity index (χ0v) is 22.0. The predicted molar refractivity (Wildman–Crippen MR) is 156 cm³/mol. The molecule has 0 spiro atoms. The van der Waals surface area contributed by atoms with Gasteiger partial charge in [0.25, 0.3) is 0 Å². The molecule has 0 saturated carbocycles. The van der Waals surface area contributed by atoms with Gasteiger partial charge in [0.15, 0.2) is 5.84 Å². The fourth-order valence-electron chi connectivity index (χ4n) is 4.68.